The number of halogens is 1. The molecule has 0 amide bonds. The molecule has 1 fully saturated rings. The molecule has 35 heavy (non-hydrogen) atoms. The number of fused-ring (bicyclic) bond motifs is 2. The van der Waals surface area contributed by atoms with Crippen LogP contribution in [0.15, 0.2) is 66.9 Å². The summed E-state index contributed by atoms with van der Waals surface area (Å²) in [5.41, 5.74) is 5.13. The highest BCUT2D eigenvalue weighted by atomic mass is 35.5. The summed E-state index contributed by atoms with van der Waals surface area (Å²) in [7, 11) is 2.08. The Morgan fingerprint density at radius 1 is 1.06 bits per heavy atom. The topological polar surface area (TPSA) is 74.1 Å². The summed E-state index contributed by atoms with van der Waals surface area (Å²) in [6.07, 6.45) is 3.44. The third-order valence-corrected chi connectivity index (χ3v) is 6.60. The first-order valence-corrected chi connectivity index (χ1v) is 12.0. The van der Waals surface area contributed by atoms with Crippen molar-refractivity contribution in [1.29, 1.82) is 0 Å². The molecule has 0 radical (unpaired) electrons. The van der Waals surface area contributed by atoms with Crippen molar-refractivity contribution in [2.24, 2.45) is 7.05 Å². The molecule has 176 valence electrons. The Morgan fingerprint density at radius 3 is 2.71 bits per heavy atom. The van der Waals surface area contributed by atoms with Crippen molar-refractivity contribution in [2.75, 3.05) is 18.5 Å². The molecule has 0 unspecified atom stereocenters. The highest BCUT2D eigenvalue weighted by Gasteiger charge is 2.18. The summed E-state index contributed by atoms with van der Waals surface area (Å²) in [6, 6.07) is 20.6. The van der Waals surface area contributed by atoms with Crippen molar-refractivity contribution in [2.45, 2.75) is 18.9 Å². The Bertz CT molecular complexity index is 1510. The molecular weight excluding hydrogens is 462 g/mol. The van der Waals surface area contributed by atoms with Gasteiger partial charge in [0.2, 0.25) is 0 Å². The normalized spacial score (nSPS) is 13.8. The molecule has 0 saturated carbocycles. The number of imidazole rings is 1. The van der Waals surface area contributed by atoms with Gasteiger partial charge in [0.15, 0.2) is 0 Å². The first kappa shape index (κ1) is 21.8. The predicted molar refractivity (Wildman–Crippen MR) is 137 cm³/mol. The maximum absolute atomic E-state index is 6.25. The number of benzene rings is 3. The highest BCUT2D eigenvalue weighted by molar-refractivity contribution is 6.35. The van der Waals surface area contributed by atoms with Crippen molar-refractivity contribution < 1.29 is 9.47 Å². The van der Waals surface area contributed by atoms with Gasteiger partial charge in [-0.1, -0.05) is 35.9 Å². The lowest BCUT2D eigenvalue weighted by molar-refractivity contribution is 0.0211. The van der Waals surface area contributed by atoms with E-state index in [0.717, 1.165) is 54.0 Å². The Hall–Kier alpha value is -3.68. The average molecular weight is 486 g/mol. The van der Waals surface area contributed by atoms with Gasteiger partial charge in [-0.05, 0) is 48.4 Å². The number of para-hydroxylation sites is 1. The third-order valence-electron chi connectivity index (χ3n) is 6.29. The van der Waals surface area contributed by atoms with Crippen LogP contribution >= 0.6 is 11.6 Å². The Labute approximate surface area is 207 Å². The lowest BCUT2D eigenvalue weighted by Crippen LogP contribution is -2.40. The van der Waals surface area contributed by atoms with Gasteiger partial charge in [-0.15, -0.1) is 0 Å². The molecule has 1 N–H and O–H groups in total. The molecule has 2 aromatic heterocycles. The summed E-state index contributed by atoms with van der Waals surface area (Å²) in [4.78, 5) is 13.6. The Balaban J connectivity index is 1.12. The number of nitrogens with zero attached hydrogens (tertiary/aromatic N) is 4. The SMILES string of the molecule is Cn1c(CCc2ccc(Oc3ncc4cccc(Cl)c4n3)cc2)nc2ccc(NC3COC3)cc21. The number of aryl methyl sites for hydroxylation is 3. The molecule has 3 heterocycles. The zero-order valence-corrected chi connectivity index (χ0v) is 20.0. The standard InChI is InChI=1S/C27H24ClN5O2/c1-33-24-13-19(30-20-15-34-16-20)8-11-23(24)31-25(33)12-7-17-5-9-21(10-6-17)35-27-29-14-18-3-2-4-22(28)26(18)32-27/h2-6,8-11,13-14,20,30H,7,12,15-16H2,1H3. The van der Waals surface area contributed by atoms with E-state index in [1.807, 2.05) is 24.3 Å². The highest BCUT2D eigenvalue weighted by Crippen LogP contribution is 2.26. The Morgan fingerprint density at radius 2 is 1.91 bits per heavy atom. The lowest BCUT2D eigenvalue weighted by Gasteiger charge is -2.27. The first-order chi connectivity index (χ1) is 17.1. The van der Waals surface area contributed by atoms with Crippen molar-refractivity contribution in [3.05, 3.63) is 83.3 Å². The molecule has 3 aromatic carbocycles. The van der Waals surface area contributed by atoms with Crippen molar-refractivity contribution >= 4 is 39.2 Å². The van der Waals surface area contributed by atoms with Crippen LogP contribution in [0.25, 0.3) is 21.9 Å². The minimum atomic E-state index is 0.275. The quantitative estimate of drug-likeness (QED) is 0.325. The summed E-state index contributed by atoms with van der Waals surface area (Å²) >= 11 is 6.25. The van der Waals surface area contributed by atoms with Crippen molar-refractivity contribution in [3.63, 3.8) is 0 Å². The van der Waals surface area contributed by atoms with E-state index in [2.05, 4.69) is 57.2 Å². The summed E-state index contributed by atoms with van der Waals surface area (Å²) in [5.74, 6) is 1.74. The van der Waals surface area contributed by atoms with Gasteiger partial charge in [0.1, 0.15) is 11.6 Å². The summed E-state index contributed by atoms with van der Waals surface area (Å²) in [6.45, 7) is 1.53. The minimum absolute atomic E-state index is 0.275. The lowest BCUT2D eigenvalue weighted by atomic mass is 10.1. The predicted octanol–water partition coefficient (Wildman–Crippen LogP) is 5.56. The summed E-state index contributed by atoms with van der Waals surface area (Å²) < 4.78 is 13.3. The molecule has 7 nitrogen and oxygen atoms in total. The van der Waals surface area contributed by atoms with Gasteiger partial charge in [0, 0.05) is 30.7 Å². The summed E-state index contributed by atoms with van der Waals surface area (Å²) in [5, 5.41) is 4.96. The van der Waals surface area contributed by atoms with Gasteiger partial charge in [0.25, 0.3) is 0 Å². The van der Waals surface area contributed by atoms with Gasteiger partial charge >= 0.3 is 6.01 Å². The van der Waals surface area contributed by atoms with Crippen LogP contribution in [0.2, 0.25) is 5.02 Å². The molecule has 1 aliphatic heterocycles. The van der Waals surface area contributed by atoms with Gasteiger partial charge < -0.3 is 19.4 Å². The molecule has 5 aromatic rings. The third kappa shape index (κ3) is 4.52. The number of nitrogens with one attached hydrogen (secondary N) is 1. The first-order valence-electron chi connectivity index (χ1n) is 11.6. The number of aromatic nitrogens is 4. The fraction of sp³-hybridized carbons (Fsp3) is 0.222. The second kappa shape index (κ2) is 9.17. The van der Waals surface area contributed by atoms with Crippen LogP contribution in [-0.4, -0.2) is 38.8 Å². The zero-order valence-electron chi connectivity index (χ0n) is 19.2. The van der Waals surface area contributed by atoms with Gasteiger partial charge in [0.05, 0.1) is 40.8 Å². The fourth-order valence-corrected chi connectivity index (χ4v) is 4.47. The second-order valence-electron chi connectivity index (χ2n) is 8.75. The molecule has 1 saturated heterocycles. The van der Waals surface area contributed by atoms with Crippen LogP contribution < -0.4 is 10.1 Å². The number of anilines is 1. The van der Waals surface area contributed by atoms with Crippen LogP contribution in [0.1, 0.15) is 11.4 Å². The minimum Gasteiger partial charge on any atom is -0.424 e. The van der Waals surface area contributed by atoms with Crippen molar-refractivity contribution in [1.82, 2.24) is 19.5 Å². The van der Waals surface area contributed by atoms with E-state index >= 15 is 0 Å². The van der Waals surface area contributed by atoms with Gasteiger partial charge in [-0.2, -0.15) is 4.98 Å². The second-order valence-corrected chi connectivity index (χ2v) is 9.15. The fourth-order valence-electron chi connectivity index (χ4n) is 4.25. The van der Waals surface area contributed by atoms with Crippen LogP contribution in [-0.2, 0) is 24.6 Å². The molecule has 6 rings (SSSR count). The van der Waals surface area contributed by atoms with E-state index in [1.54, 1.807) is 12.3 Å². The molecule has 0 aliphatic carbocycles. The van der Waals surface area contributed by atoms with E-state index in [1.165, 1.54) is 5.56 Å². The van der Waals surface area contributed by atoms with E-state index in [0.29, 0.717) is 22.3 Å². The number of hydrogen-bond donors (Lipinski definition) is 1. The largest absolute Gasteiger partial charge is 0.424 e. The maximum atomic E-state index is 6.25. The van der Waals surface area contributed by atoms with Gasteiger partial charge in [-0.3, -0.25) is 0 Å². The molecule has 1 aliphatic rings. The van der Waals surface area contributed by atoms with E-state index in [-0.39, 0.29) is 6.01 Å². The zero-order chi connectivity index (χ0) is 23.8. The van der Waals surface area contributed by atoms with Crippen LogP contribution in [0.3, 0.4) is 0 Å². The van der Waals surface area contributed by atoms with Crippen LogP contribution in [0.5, 0.6) is 11.8 Å². The van der Waals surface area contributed by atoms with Crippen LogP contribution in [0, 0.1) is 0 Å². The van der Waals surface area contributed by atoms with E-state index in [9.17, 15) is 0 Å². The molecule has 8 heteroatoms. The number of ether oxygens (including phenoxy) is 2. The Kier molecular flexibility index (Phi) is 5.72. The number of rotatable bonds is 7. The molecular formula is C27H24ClN5O2. The molecule has 0 bridgehead atoms. The van der Waals surface area contributed by atoms with Gasteiger partial charge in [-0.25, -0.2) is 9.97 Å². The number of hydrogen-bond acceptors (Lipinski definition) is 6. The smallest absolute Gasteiger partial charge is 0.322 e. The van der Waals surface area contributed by atoms with E-state index < -0.39 is 0 Å². The molecule has 0 atom stereocenters. The maximum Gasteiger partial charge on any atom is 0.322 e. The molecule has 0 spiro atoms. The van der Waals surface area contributed by atoms with E-state index in [4.69, 9.17) is 26.1 Å². The average Bonchev–Trinajstić information content (AvgIpc) is 3.16. The monoisotopic (exact) mass is 485 g/mol. The van der Waals surface area contributed by atoms with Crippen LogP contribution in [0.4, 0.5) is 5.69 Å². The van der Waals surface area contributed by atoms with Crippen molar-refractivity contribution in [3.8, 4) is 11.8 Å².